The van der Waals surface area contributed by atoms with Crippen molar-refractivity contribution in [3.63, 3.8) is 0 Å². The fourth-order valence-electron chi connectivity index (χ4n) is 1.85. The highest BCUT2D eigenvalue weighted by Crippen LogP contribution is 2.27. The van der Waals surface area contributed by atoms with Crippen molar-refractivity contribution in [2.45, 2.75) is 65.4 Å². The minimum atomic E-state index is -0.0136. The van der Waals surface area contributed by atoms with E-state index in [4.69, 9.17) is 0 Å². The third-order valence-electron chi connectivity index (χ3n) is 2.61. The van der Waals surface area contributed by atoms with Gasteiger partial charge in [0.15, 0.2) is 0 Å². The van der Waals surface area contributed by atoms with Crippen LogP contribution >= 0.6 is 0 Å². The predicted octanol–water partition coefficient (Wildman–Crippen LogP) is 3.36. The summed E-state index contributed by atoms with van der Waals surface area (Å²) in [5.74, 6) is 0.624. The number of rotatable bonds is 2. The molecule has 0 bridgehead atoms. The van der Waals surface area contributed by atoms with Crippen LogP contribution in [0.5, 0.6) is 0 Å². The number of aliphatic hydroxyl groups is 1. The zero-order valence-corrected chi connectivity index (χ0v) is 8.84. The molecule has 1 unspecified atom stereocenters. The van der Waals surface area contributed by atoms with Crippen LogP contribution in [0.4, 0.5) is 0 Å². The molecule has 1 fully saturated rings. The van der Waals surface area contributed by atoms with Crippen LogP contribution in [0.25, 0.3) is 0 Å². The van der Waals surface area contributed by atoms with E-state index in [1.165, 1.54) is 32.1 Å². The van der Waals surface area contributed by atoms with Gasteiger partial charge >= 0.3 is 0 Å². The minimum Gasteiger partial charge on any atom is -0.393 e. The maximum Gasteiger partial charge on any atom is 0.0565 e. The highest BCUT2D eigenvalue weighted by atomic mass is 16.3. The first kappa shape index (κ1) is 12.0. The van der Waals surface area contributed by atoms with E-state index in [9.17, 15) is 5.11 Å². The molecule has 0 heterocycles. The van der Waals surface area contributed by atoms with Gasteiger partial charge < -0.3 is 5.11 Å². The molecule has 0 spiro atoms. The van der Waals surface area contributed by atoms with Crippen LogP contribution in [0, 0.1) is 5.92 Å². The largest absolute Gasteiger partial charge is 0.393 e. The summed E-state index contributed by atoms with van der Waals surface area (Å²) >= 11 is 0. The van der Waals surface area contributed by atoms with E-state index < -0.39 is 0 Å². The molecule has 0 radical (unpaired) electrons. The van der Waals surface area contributed by atoms with Crippen LogP contribution in [0.2, 0.25) is 0 Å². The van der Waals surface area contributed by atoms with Crippen molar-refractivity contribution >= 4 is 0 Å². The SMILES string of the molecule is CC.CCC(O)C1CCCCC1. The van der Waals surface area contributed by atoms with Gasteiger partial charge in [-0.15, -0.1) is 0 Å². The summed E-state index contributed by atoms with van der Waals surface area (Å²) in [6.07, 6.45) is 7.49. The first-order valence-electron chi connectivity index (χ1n) is 5.52. The molecule has 74 valence electrons. The monoisotopic (exact) mass is 172 g/mol. The van der Waals surface area contributed by atoms with Crippen molar-refractivity contribution in [2.24, 2.45) is 5.92 Å². The summed E-state index contributed by atoms with van der Waals surface area (Å²) in [4.78, 5) is 0. The van der Waals surface area contributed by atoms with Gasteiger partial charge in [0.2, 0.25) is 0 Å². The Hall–Kier alpha value is -0.0400. The Bertz CT molecular complexity index is 85.0. The molecule has 1 heteroatoms. The second-order valence-corrected chi connectivity index (χ2v) is 3.37. The third-order valence-corrected chi connectivity index (χ3v) is 2.61. The zero-order valence-electron chi connectivity index (χ0n) is 8.84. The Kier molecular flexibility index (Phi) is 7.58. The first-order valence-corrected chi connectivity index (χ1v) is 5.52. The van der Waals surface area contributed by atoms with Crippen LogP contribution in [-0.2, 0) is 0 Å². The number of hydrogen-bond donors (Lipinski definition) is 1. The molecular weight excluding hydrogens is 148 g/mol. The van der Waals surface area contributed by atoms with Crippen molar-refractivity contribution < 1.29 is 5.11 Å². The van der Waals surface area contributed by atoms with Crippen LogP contribution in [0.15, 0.2) is 0 Å². The van der Waals surface area contributed by atoms with Crippen LogP contribution in [0.3, 0.4) is 0 Å². The zero-order chi connectivity index (χ0) is 9.40. The molecule has 0 aromatic rings. The molecule has 1 N–H and O–H groups in total. The third kappa shape index (κ3) is 4.10. The summed E-state index contributed by atoms with van der Waals surface area (Å²) < 4.78 is 0. The lowest BCUT2D eigenvalue weighted by Gasteiger charge is -2.25. The normalized spacial score (nSPS) is 21.0. The molecule has 12 heavy (non-hydrogen) atoms. The van der Waals surface area contributed by atoms with Gasteiger partial charge in [-0.1, -0.05) is 40.0 Å². The second-order valence-electron chi connectivity index (χ2n) is 3.37. The quantitative estimate of drug-likeness (QED) is 0.677. The van der Waals surface area contributed by atoms with Gasteiger partial charge in [0.25, 0.3) is 0 Å². The summed E-state index contributed by atoms with van der Waals surface area (Å²) in [6.45, 7) is 6.07. The summed E-state index contributed by atoms with van der Waals surface area (Å²) in [5, 5.41) is 9.48. The highest BCUT2D eigenvalue weighted by molar-refractivity contribution is 4.71. The molecule has 0 aliphatic heterocycles. The van der Waals surface area contributed by atoms with E-state index in [0.717, 1.165) is 6.42 Å². The number of aliphatic hydroxyl groups excluding tert-OH is 1. The van der Waals surface area contributed by atoms with Crippen molar-refractivity contribution in [1.29, 1.82) is 0 Å². The average molecular weight is 172 g/mol. The lowest BCUT2D eigenvalue weighted by atomic mass is 9.84. The van der Waals surface area contributed by atoms with Gasteiger partial charge in [-0.25, -0.2) is 0 Å². The van der Waals surface area contributed by atoms with Crippen molar-refractivity contribution in [2.75, 3.05) is 0 Å². The summed E-state index contributed by atoms with van der Waals surface area (Å²) in [5.41, 5.74) is 0. The Morgan fingerprint density at radius 1 is 1.17 bits per heavy atom. The molecule has 0 aromatic heterocycles. The van der Waals surface area contributed by atoms with Gasteiger partial charge in [-0.2, -0.15) is 0 Å². The summed E-state index contributed by atoms with van der Waals surface area (Å²) in [7, 11) is 0. The maximum atomic E-state index is 9.48. The van der Waals surface area contributed by atoms with Crippen molar-refractivity contribution in [1.82, 2.24) is 0 Å². The van der Waals surface area contributed by atoms with E-state index in [2.05, 4.69) is 6.92 Å². The van der Waals surface area contributed by atoms with Crippen molar-refractivity contribution in [3.8, 4) is 0 Å². The Labute approximate surface area is 77.2 Å². The molecule has 0 aromatic carbocycles. The van der Waals surface area contributed by atoms with Crippen molar-refractivity contribution in [3.05, 3.63) is 0 Å². The smallest absolute Gasteiger partial charge is 0.0565 e. The Balaban J connectivity index is 0.000000561. The molecule has 1 aliphatic rings. The van der Waals surface area contributed by atoms with E-state index in [-0.39, 0.29) is 6.10 Å². The molecular formula is C11H24O. The van der Waals surface area contributed by atoms with Crippen LogP contribution in [-0.4, -0.2) is 11.2 Å². The average Bonchev–Trinajstić information content (AvgIpc) is 2.21. The molecule has 1 rings (SSSR count). The molecule has 1 saturated carbocycles. The fourth-order valence-corrected chi connectivity index (χ4v) is 1.85. The lowest BCUT2D eigenvalue weighted by Crippen LogP contribution is -2.21. The summed E-state index contributed by atoms with van der Waals surface area (Å²) in [6, 6.07) is 0. The Morgan fingerprint density at radius 2 is 1.67 bits per heavy atom. The second kappa shape index (κ2) is 7.60. The maximum absolute atomic E-state index is 9.48. The van der Waals surface area contributed by atoms with Gasteiger partial charge in [0.05, 0.1) is 6.10 Å². The lowest BCUT2D eigenvalue weighted by molar-refractivity contribution is 0.0816. The molecule has 1 nitrogen and oxygen atoms in total. The van der Waals surface area contributed by atoms with Crippen LogP contribution in [0.1, 0.15) is 59.3 Å². The molecule has 1 aliphatic carbocycles. The minimum absolute atomic E-state index is 0.0136. The van der Waals surface area contributed by atoms with Gasteiger partial charge in [0, 0.05) is 0 Å². The van der Waals surface area contributed by atoms with E-state index in [1.54, 1.807) is 0 Å². The van der Waals surface area contributed by atoms with Gasteiger partial charge in [0.1, 0.15) is 0 Å². The van der Waals surface area contributed by atoms with E-state index >= 15 is 0 Å². The van der Waals surface area contributed by atoms with Crippen LogP contribution < -0.4 is 0 Å². The molecule has 0 saturated heterocycles. The fraction of sp³-hybridized carbons (Fsp3) is 1.00. The van der Waals surface area contributed by atoms with Gasteiger partial charge in [-0.3, -0.25) is 0 Å². The highest BCUT2D eigenvalue weighted by Gasteiger charge is 2.19. The molecule has 1 atom stereocenters. The standard InChI is InChI=1S/C9H18O.C2H6/c1-2-9(10)8-6-4-3-5-7-8;1-2/h8-10H,2-7H2,1H3;1-2H3. The van der Waals surface area contributed by atoms with E-state index in [0.29, 0.717) is 5.92 Å². The predicted molar refractivity (Wildman–Crippen MR) is 54.2 cm³/mol. The topological polar surface area (TPSA) is 20.2 Å². The first-order chi connectivity index (χ1) is 5.84. The Morgan fingerprint density at radius 3 is 2.08 bits per heavy atom. The van der Waals surface area contributed by atoms with E-state index in [1.807, 2.05) is 13.8 Å². The molecule has 0 amide bonds. The number of hydrogen-bond acceptors (Lipinski definition) is 1. The van der Waals surface area contributed by atoms with Gasteiger partial charge in [-0.05, 0) is 25.2 Å².